The standard InChI is InChI=1S/C19H29NO4/c1-6-9-24-14-17(21)13-20(11-15(2)3)12-16-7-8-18(22-4)19(10-16)23-5/h1,7-8,10,15,17,21H,9,11-14H2,2-5H3. The Balaban J connectivity index is 2.73. The Morgan fingerprint density at radius 1 is 1.17 bits per heavy atom. The second-order valence-corrected chi connectivity index (χ2v) is 6.15. The fourth-order valence-corrected chi connectivity index (χ4v) is 2.56. The number of hydrogen-bond acceptors (Lipinski definition) is 5. The lowest BCUT2D eigenvalue weighted by Crippen LogP contribution is -2.36. The molecule has 0 saturated carbocycles. The van der Waals surface area contributed by atoms with Crippen molar-refractivity contribution in [2.75, 3.05) is 40.5 Å². The second-order valence-electron chi connectivity index (χ2n) is 6.15. The average molecular weight is 335 g/mol. The molecule has 0 heterocycles. The molecule has 1 N–H and O–H groups in total. The van der Waals surface area contributed by atoms with E-state index in [-0.39, 0.29) is 13.2 Å². The Kier molecular flexibility index (Phi) is 9.24. The van der Waals surface area contributed by atoms with Crippen LogP contribution in [0.4, 0.5) is 0 Å². The number of terminal acetylenes is 1. The summed E-state index contributed by atoms with van der Waals surface area (Å²) in [4.78, 5) is 2.20. The summed E-state index contributed by atoms with van der Waals surface area (Å²) in [7, 11) is 3.25. The highest BCUT2D eigenvalue weighted by Crippen LogP contribution is 2.28. The van der Waals surface area contributed by atoms with E-state index in [1.165, 1.54) is 0 Å². The lowest BCUT2D eigenvalue weighted by Gasteiger charge is -2.27. The highest BCUT2D eigenvalue weighted by Gasteiger charge is 2.15. The van der Waals surface area contributed by atoms with E-state index in [9.17, 15) is 5.11 Å². The molecule has 24 heavy (non-hydrogen) atoms. The van der Waals surface area contributed by atoms with Gasteiger partial charge in [-0.25, -0.2) is 0 Å². The van der Waals surface area contributed by atoms with Crippen LogP contribution in [0, 0.1) is 18.3 Å². The maximum atomic E-state index is 10.1. The van der Waals surface area contributed by atoms with Crippen molar-refractivity contribution in [2.45, 2.75) is 26.5 Å². The van der Waals surface area contributed by atoms with E-state index in [1.54, 1.807) is 14.2 Å². The number of rotatable bonds is 11. The highest BCUT2D eigenvalue weighted by atomic mass is 16.5. The molecule has 0 amide bonds. The summed E-state index contributed by atoms with van der Waals surface area (Å²) >= 11 is 0. The minimum Gasteiger partial charge on any atom is -0.493 e. The molecule has 0 aliphatic rings. The largest absolute Gasteiger partial charge is 0.493 e. The smallest absolute Gasteiger partial charge is 0.161 e. The molecule has 0 aliphatic heterocycles. The van der Waals surface area contributed by atoms with E-state index in [0.29, 0.717) is 30.5 Å². The van der Waals surface area contributed by atoms with Gasteiger partial charge in [0.15, 0.2) is 11.5 Å². The van der Waals surface area contributed by atoms with Crippen molar-refractivity contribution < 1.29 is 19.3 Å². The Hall–Kier alpha value is -1.74. The first-order valence-corrected chi connectivity index (χ1v) is 8.12. The van der Waals surface area contributed by atoms with Gasteiger partial charge in [-0.3, -0.25) is 4.90 Å². The van der Waals surface area contributed by atoms with Crippen LogP contribution < -0.4 is 9.47 Å². The van der Waals surface area contributed by atoms with Crippen molar-refractivity contribution in [3.8, 4) is 23.8 Å². The summed E-state index contributed by atoms with van der Waals surface area (Å²) in [6.07, 6.45) is 4.57. The summed E-state index contributed by atoms with van der Waals surface area (Å²) in [5.41, 5.74) is 1.10. The normalized spacial score (nSPS) is 12.2. The summed E-state index contributed by atoms with van der Waals surface area (Å²) < 4.78 is 15.8. The van der Waals surface area contributed by atoms with E-state index in [1.807, 2.05) is 18.2 Å². The lowest BCUT2D eigenvalue weighted by molar-refractivity contribution is 0.0237. The van der Waals surface area contributed by atoms with Crippen molar-refractivity contribution in [1.29, 1.82) is 0 Å². The molecule has 0 aromatic heterocycles. The molecule has 1 rings (SSSR count). The third kappa shape index (κ3) is 7.22. The molecular formula is C19H29NO4. The molecular weight excluding hydrogens is 306 g/mol. The van der Waals surface area contributed by atoms with Crippen LogP contribution in [0.1, 0.15) is 19.4 Å². The fourth-order valence-electron chi connectivity index (χ4n) is 2.56. The Morgan fingerprint density at radius 2 is 1.88 bits per heavy atom. The van der Waals surface area contributed by atoms with Crippen molar-refractivity contribution in [3.05, 3.63) is 23.8 Å². The number of methoxy groups -OCH3 is 2. The molecule has 0 spiro atoms. The molecule has 0 radical (unpaired) electrons. The predicted octanol–water partition coefficient (Wildman–Crippen LogP) is 2.17. The SMILES string of the molecule is C#CCOCC(O)CN(Cc1ccc(OC)c(OC)c1)CC(C)C. The van der Waals surface area contributed by atoms with Gasteiger partial charge in [-0.05, 0) is 23.6 Å². The zero-order chi connectivity index (χ0) is 17.9. The fraction of sp³-hybridized carbons (Fsp3) is 0.579. The van der Waals surface area contributed by atoms with Gasteiger partial charge in [0.25, 0.3) is 0 Å². The van der Waals surface area contributed by atoms with Crippen LogP contribution in [0.2, 0.25) is 0 Å². The summed E-state index contributed by atoms with van der Waals surface area (Å²) in [5.74, 6) is 4.30. The van der Waals surface area contributed by atoms with Crippen LogP contribution in [-0.4, -0.2) is 56.6 Å². The number of ether oxygens (including phenoxy) is 3. The van der Waals surface area contributed by atoms with Gasteiger partial charge in [0.2, 0.25) is 0 Å². The first-order chi connectivity index (χ1) is 11.5. The van der Waals surface area contributed by atoms with E-state index >= 15 is 0 Å². The molecule has 5 nitrogen and oxygen atoms in total. The van der Waals surface area contributed by atoms with Crippen LogP contribution in [-0.2, 0) is 11.3 Å². The minimum atomic E-state index is -0.572. The van der Waals surface area contributed by atoms with Gasteiger partial charge in [-0.2, -0.15) is 0 Å². The molecule has 0 bridgehead atoms. The quantitative estimate of drug-likeness (QED) is 0.496. The average Bonchev–Trinajstić information content (AvgIpc) is 2.54. The number of hydrogen-bond donors (Lipinski definition) is 1. The molecule has 5 heteroatoms. The highest BCUT2D eigenvalue weighted by molar-refractivity contribution is 5.42. The van der Waals surface area contributed by atoms with E-state index in [4.69, 9.17) is 20.6 Å². The first-order valence-electron chi connectivity index (χ1n) is 8.12. The van der Waals surface area contributed by atoms with Gasteiger partial charge in [0.05, 0.1) is 26.9 Å². The third-order valence-electron chi connectivity index (χ3n) is 3.44. The van der Waals surface area contributed by atoms with Gasteiger partial charge < -0.3 is 19.3 Å². The van der Waals surface area contributed by atoms with Crippen LogP contribution in [0.25, 0.3) is 0 Å². The Labute approximate surface area is 145 Å². The Bertz CT molecular complexity index is 525. The van der Waals surface area contributed by atoms with E-state index in [0.717, 1.165) is 12.1 Å². The summed E-state index contributed by atoms with van der Waals surface area (Å²) in [6, 6.07) is 5.87. The maximum absolute atomic E-state index is 10.1. The molecule has 134 valence electrons. The van der Waals surface area contributed by atoms with Gasteiger partial charge >= 0.3 is 0 Å². The summed E-state index contributed by atoms with van der Waals surface area (Å²) in [6.45, 7) is 6.88. The second kappa shape index (κ2) is 10.9. The number of aliphatic hydroxyl groups is 1. The first kappa shape index (κ1) is 20.3. The monoisotopic (exact) mass is 335 g/mol. The van der Waals surface area contributed by atoms with Crippen molar-refractivity contribution in [2.24, 2.45) is 5.92 Å². The molecule has 0 aliphatic carbocycles. The minimum absolute atomic E-state index is 0.219. The number of benzene rings is 1. The summed E-state index contributed by atoms with van der Waals surface area (Å²) in [5, 5.41) is 10.1. The lowest BCUT2D eigenvalue weighted by atomic mass is 10.1. The third-order valence-corrected chi connectivity index (χ3v) is 3.44. The predicted molar refractivity (Wildman–Crippen MR) is 95.3 cm³/mol. The maximum Gasteiger partial charge on any atom is 0.161 e. The Morgan fingerprint density at radius 3 is 2.46 bits per heavy atom. The van der Waals surface area contributed by atoms with Gasteiger partial charge in [-0.1, -0.05) is 25.8 Å². The molecule has 1 unspecified atom stereocenters. The number of aliphatic hydroxyl groups excluding tert-OH is 1. The topological polar surface area (TPSA) is 51.2 Å². The van der Waals surface area contributed by atoms with Crippen molar-refractivity contribution in [3.63, 3.8) is 0 Å². The van der Waals surface area contributed by atoms with Gasteiger partial charge in [0, 0.05) is 19.6 Å². The van der Waals surface area contributed by atoms with Gasteiger partial charge in [-0.15, -0.1) is 6.42 Å². The molecule has 0 saturated heterocycles. The zero-order valence-electron chi connectivity index (χ0n) is 15.1. The van der Waals surface area contributed by atoms with E-state index < -0.39 is 6.10 Å². The van der Waals surface area contributed by atoms with Crippen molar-refractivity contribution in [1.82, 2.24) is 4.90 Å². The van der Waals surface area contributed by atoms with Crippen LogP contribution in [0.3, 0.4) is 0 Å². The molecule has 1 atom stereocenters. The molecule has 1 aromatic carbocycles. The van der Waals surface area contributed by atoms with Crippen molar-refractivity contribution >= 4 is 0 Å². The molecule has 0 fully saturated rings. The number of nitrogens with zero attached hydrogens (tertiary/aromatic N) is 1. The van der Waals surface area contributed by atoms with Crippen LogP contribution >= 0.6 is 0 Å². The zero-order valence-corrected chi connectivity index (χ0v) is 15.1. The van der Waals surface area contributed by atoms with Gasteiger partial charge in [0.1, 0.15) is 6.61 Å². The molecule has 1 aromatic rings. The van der Waals surface area contributed by atoms with E-state index in [2.05, 4.69) is 24.7 Å². The van der Waals surface area contributed by atoms with Crippen LogP contribution in [0.15, 0.2) is 18.2 Å². The van der Waals surface area contributed by atoms with Crippen LogP contribution in [0.5, 0.6) is 11.5 Å².